The van der Waals surface area contributed by atoms with Crippen molar-refractivity contribution in [1.29, 1.82) is 0 Å². The molecule has 0 spiro atoms. The number of amides is 3. The van der Waals surface area contributed by atoms with E-state index in [1.165, 1.54) is 4.90 Å². The monoisotopic (exact) mass is 390 g/mol. The quantitative estimate of drug-likeness (QED) is 0.690. The summed E-state index contributed by atoms with van der Waals surface area (Å²) in [5.74, 6) is 1.19. The minimum atomic E-state index is -0.194. The predicted molar refractivity (Wildman–Crippen MR) is 109 cm³/mol. The second-order valence-corrected chi connectivity index (χ2v) is 11.5. The van der Waals surface area contributed by atoms with E-state index in [9.17, 15) is 14.4 Å². The molecule has 0 N–H and O–H groups in total. The van der Waals surface area contributed by atoms with Crippen LogP contribution in [0.4, 0.5) is 0 Å². The molecule has 0 aromatic heterocycles. The first kappa shape index (κ1) is 21.3. The summed E-state index contributed by atoms with van der Waals surface area (Å²) < 4.78 is 0. The zero-order valence-corrected chi connectivity index (χ0v) is 18.6. The lowest BCUT2D eigenvalue weighted by molar-refractivity contribution is -0.147. The first-order chi connectivity index (χ1) is 12.9. The number of hydrogen-bond acceptors (Lipinski definition) is 3. The average molecular weight is 391 g/mol. The Hall–Kier alpha value is -1.39. The molecule has 0 radical (unpaired) electrons. The second kappa shape index (κ2) is 7.46. The lowest BCUT2D eigenvalue weighted by atomic mass is 9.74. The van der Waals surface area contributed by atoms with E-state index in [1.54, 1.807) is 0 Å². The molecule has 0 aromatic carbocycles. The van der Waals surface area contributed by atoms with E-state index < -0.39 is 0 Å². The summed E-state index contributed by atoms with van der Waals surface area (Å²) in [7, 11) is 0. The number of likely N-dealkylation sites (tertiary alicyclic amines) is 2. The second-order valence-electron chi connectivity index (χ2n) is 11.5. The molecule has 158 valence electrons. The van der Waals surface area contributed by atoms with Gasteiger partial charge in [-0.1, -0.05) is 41.5 Å². The average Bonchev–Trinajstić information content (AvgIpc) is 2.81. The smallest absolute Gasteiger partial charge is 0.233 e. The summed E-state index contributed by atoms with van der Waals surface area (Å²) in [6.45, 7) is 15.2. The van der Waals surface area contributed by atoms with Crippen LogP contribution in [0.3, 0.4) is 0 Å². The van der Waals surface area contributed by atoms with Crippen molar-refractivity contribution in [2.24, 2.45) is 34.5 Å². The van der Waals surface area contributed by atoms with Crippen molar-refractivity contribution in [2.45, 2.75) is 73.6 Å². The Labute approximate surface area is 170 Å². The molecule has 0 bridgehead atoms. The van der Waals surface area contributed by atoms with Crippen molar-refractivity contribution in [3.8, 4) is 0 Å². The van der Waals surface area contributed by atoms with Crippen LogP contribution in [0.1, 0.15) is 73.6 Å². The molecule has 1 aliphatic carbocycles. The van der Waals surface area contributed by atoms with Crippen LogP contribution in [0.25, 0.3) is 0 Å². The maximum absolute atomic E-state index is 12.8. The first-order valence-corrected chi connectivity index (χ1v) is 11.0. The molecule has 1 unspecified atom stereocenters. The molecular formula is C23H38N2O3. The minimum Gasteiger partial charge on any atom is -0.342 e. The van der Waals surface area contributed by atoms with Gasteiger partial charge in [-0.3, -0.25) is 19.3 Å². The van der Waals surface area contributed by atoms with Crippen molar-refractivity contribution >= 4 is 17.7 Å². The molecule has 1 saturated carbocycles. The van der Waals surface area contributed by atoms with E-state index in [1.807, 2.05) is 25.7 Å². The predicted octanol–water partition coefficient (Wildman–Crippen LogP) is 3.72. The van der Waals surface area contributed by atoms with Gasteiger partial charge in [0.15, 0.2) is 0 Å². The molecule has 5 nitrogen and oxygen atoms in total. The molecule has 1 atom stereocenters. The van der Waals surface area contributed by atoms with Gasteiger partial charge >= 0.3 is 0 Å². The van der Waals surface area contributed by atoms with E-state index >= 15 is 0 Å². The van der Waals surface area contributed by atoms with E-state index in [2.05, 4.69) is 20.8 Å². The third kappa shape index (κ3) is 4.28. The largest absolute Gasteiger partial charge is 0.342 e. The maximum atomic E-state index is 12.8. The third-order valence-corrected chi connectivity index (χ3v) is 7.34. The molecule has 3 rings (SSSR count). The van der Waals surface area contributed by atoms with Gasteiger partial charge in [-0.2, -0.15) is 0 Å². The van der Waals surface area contributed by atoms with Crippen LogP contribution in [0, 0.1) is 34.5 Å². The summed E-state index contributed by atoms with van der Waals surface area (Å²) >= 11 is 0. The van der Waals surface area contributed by atoms with Gasteiger partial charge in [0.2, 0.25) is 17.7 Å². The van der Waals surface area contributed by atoms with Gasteiger partial charge in [0, 0.05) is 32.0 Å². The van der Waals surface area contributed by atoms with Crippen molar-refractivity contribution in [3.63, 3.8) is 0 Å². The topological polar surface area (TPSA) is 57.7 Å². The normalized spacial score (nSPS) is 30.0. The highest BCUT2D eigenvalue weighted by molar-refractivity contribution is 6.03. The van der Waals surface area contributed by atoms with Crippen LogP contribution in [-0.2, 0) is 14.4 Å². The Morgan fingerprint density at radius 3 is 1.96 bits per heavy atom. The number of carbonyl (C=O) groups is 3. The molecule has 28 heavy (non-hydrogen) atoms. The van der Waals surface area contributed by atoms with Crippen LogP contribution in [0.2, 0.25) is 0 Å². The summed E-state index contributed by atoms with van der Waals surface area (Å²) in [5, 5.41) is 0. The number of rotatable bonds is 3. The summed E-state index contributed by atoms with van der Waals surface area (Å²) in [5.41, 5.74) is 0.0991. The van der Waals surface area contributed by atoms with Gasteiger partial charge in [-0.25, -0.2) is 0 Å². The highest BCUT2D eigenvalue weighted by Crippen LogP contribution is 2.39. The van der Waals surface area contributed by atoms with E-state index in [-0.39, 0.29) is 34.5 Å². The summed E-state index contributed by atoms with van der Waals surface area (Å²) in [6.07, 6.45) is 3.99. The van der Waals surface area contributed by atoms with Crippen LogP contribution < -0.4 is 0 Å². The fraction of sp³-hybridized carbons (Fsp3) is 0.870. The molecule has 2 aliphatic heterocycles. The number of nitrogens with zero attached hydrogens (tertiary/aromatic N) is 2. The number of imide groups is 1. The van der Waals surface area contributed by atoms with Gasteiger partial charge in [0.1, 0.15) is 0 Å². The fourth-order valence-electron chi connectivity index (χ4n) is 4.87. The molecular weight excluding hydrogens is 352 g/mol. The zero-order valence-electron chi connectivity index (χ0n) is 18.6. The number of hydrogen-bond donors (Lipinski definition) is 0. The lowest BCUT2D eigenvalue weighted by Crippen LogP contribution is -2.56. The highest BCUT2D eigenvalue weighted by Gasteiger charge is 2.46. The van der Waals surface area contributed by atoms with Gasteiger partial charge < -0.3 is 4.90 Å². The molecule has 0 aromatic rings. The van der Waals surface area contributed by atoms with Crippen molar-refractivity contribution in [3.05, 3.63) is 0 Å². The van der Waals surface area contributed by atoms with Gasteiger partial charge in [-0.05, 0) is 48.3 Å². The Balaban J connectivity index is 1.47. The Kier molecular flexibility index (Phi) is 5.68. The van der Waals surface area contributed by atoms with Crippen LogP contribution in [0.5, 0.6) is 0 Å². The third-order valence-electron chi connectivity index (χ3n) is 7.34. The Bertz CT molecular complexity index is 629. The molecule has 2 heterocycles. The Morgan fingerprint density at radius 1 is 0.929 bits per heavy atom. The molecule has 5 heteroatoms. The van der Waals surface area contributed by atoms with E-state index in [0.717, 1.165) is 38.8 Å². The van der Waals surface area contributed by atoms with E-state index in [0.29, 0.717) is 30.7 Å². The highest BCUT2D eigenvalue weighted by atomic mass is 16.2. The molecule has 3 amide bonds. The minimum absolute atomic E-state index is 0.00417. The van der Waals surface area contributed by atoms with Gasteiger partial charge in [-0.15, -0.1) is 0 Å². The van der Waals surface area contributed by atoms with Gasteiger partial charge in [0.25, 0.3) is 0 Å². The fourth-order valence-corrected chi connectivity index (χ4v) is 4.87. The van der Waals surface area contributed by atoms with Crippen LogP contribution in [0.15, 0.2) is 0 Å². The standard InChI is InChI=1S/C23H38N2O3/c1-22(2,3)17-13-24(14-17)20(27)16-9-7-15(8-10-16)12-25-19(26)11-18(21(25)28)23(4,5)6/h15-18H,7-14H2,1-6H3. The van der Waals surface area contributed by atoms with Crippen molar-refractivity contribution in [2.75, 3.05) is 19.6 Å². The molecule has 3 fully saturated rings. The van der Waals surface area contributed by atoms with Crippen LogP contribution >= 0.6 is 0 Å². The summed E-state index contributed by atoms with van der Waals surface area (Å²) in [4.78, 5) is 41.4. The zero-order chi connectivity index (χ0) is 20.9. The number of carbonyl (C=O) groups excluding carboxylic acids is 3. The lowest BCUT2D eigenvalue weighted by Gasteiger charge is -2.48. The maximum Gasteiger partial charge on any atom is 0.233 e. The van der Waals surface area contributed by atoms with Gasteiger partial charge in [0.05, 0.1) is 5.92 Å². The first-order valence-electron chi connectivity index (χ1n) is 11.0. The SMILES string of the molecule is CC(C)(C)C1CN(C(=O)C2CCC(CN3C(=O)CC(C(C)(C)C)C3=O)CC2)C1. The van der Waals surface area contributed by atoms with E-state index in [4.69, 9.17) is 0 Å². The van der Waals surface area contributed by atoms with Crippen LogP contribution in [-0.4, -0.2) is 47.2 Å². The van der Waals surface area contributed by atoms with Crippen molar-refractivity contribution < 1.29 is 14.4 Å². The molecule has 2 saturated heterocycles. The summed E-state index contributed by atoms with van der Waals surface area (Å²) in [6, 6.07) is 0. The Morgan fingerprint density at radius 2 is 1.50 bits per heavy atom. The van der Waals surface area contributed by atoms with Crippen molar-refractivity contribution in [1.82, 2.24) is 9.80 Å². The molecule has 3 aliphatic rings.